The fraction of sp³-hybridized carbons (Fsp3) is 0.688. The van der Waals surface area contributed by atoms with E-state index < -0.39 is 0 Å². The van der Waals surface area contributed by atoms with Crippen LogP contribution >= 0.6 is 11.6 Å². The quantitative estimate of drug-likeness (QED) is 0.749. The average molecular weight is 297 g/mol. The molecule has 0 radical (unpaired) electrons. The van der Waals surface area contributed by atoms with Crippen molar-refractivity contribution in [1.82, 2.24) is 9.88 Å². The maximum atomic E-state index is 5.82. The van der Waals surface area contributed by atoms with Crippen LogP contribution in [0, 0.1) is 13.8 Å². The Morgan fingerprint density at radius 3 is 2.95 bits per heavy atom. The van der Waals surface area contributed by atoms with Crippen LogP contribution < -0.4 is 4.74 Å². The fourth-order valence-corrected chi connectivity index (χ4v) is 3.32. The van der Waals surface area contributed by atoms with Crippen LogP contribution in [0.5, 0.6) is 5.75 Å². The minimum absolute atomic E-state index is 0.669. The van der Waals surface area contributed by atoms with Gasteiger partial charge in [-0.1, -0.05) is 0 Å². The van der Waals surface area contributed by atoms with Gasteiger partial charge in [-0.05, 0) is 46.1 Å². The predicted octanol–water partition coefficient (Wildman–Crippen LogP) is 3.69. The van der Waals surface area contributed by atoms with Crippen LogP contribution in [-0.4, -0.2) is 35.5 Å². The number of likely N-dealkylation sites (tertiary alicyclic amines) is 1. The van der Waals surface area contributed by atoms with Gasteiger partial charge in [0.25, 0.3) is 0 Å². The number of alkyl halides is 1. The Balaban J connectivity index is 2.09. The molecule has 1 saturated heterocycles. The third kappa shape index (κ3) is 3.44. The van der Waals surface area contributed by atoms with Crippen molar-refractivity contribution in [1.29, 1.82) is 0 Å². The standard InChI is InChI=1S/C16H25ClN2O/c1-12-10-18-15(13(2)16(12)20-3)11-19-9-5-7-14(19)6-4-8-17/h10,14H,4-9,11H2,1-3H3. The van der Waals surface area contributed by atoms with Gasteiger partial charge in [-0.15, -0.1) is 11.6 Å². The summed E-state index contributed by atoms with van der Waals surface area (Å²) < 4.78 is 5.50. The van der Waals surface area contributed by atoms with Crippen molar-refractivity contribution in [3.63, 3.8) is 0 Å². The highest BCUT2D eigenvalue weighted by molar-refractivity contribution is 6.17. The molecule has 0 saturated carbocycles. The lowest BCUT2D eigenvalue weighted by Gasteiger charge is -2.25. The van der Waals surface area contributed by atoms with E-state index in [1.54, 1.807) is 7.11 Å². The van der Waals surface area contributed by atoms with Gasteiger partial charge in [-0.25, -0.2) is 0 Å². The second kappa shape index (κ2) is 7.28. The predicted molar refractivity (Wildman–Crippen MR) is 83.6 cm³/mol. The molecule has 1 fully saturated rings. The number of halogens is 1. The van der Waals surface area contributed by atoms with Crippen molar-refractivity contribution in [2.24, 2.45) is 0 Å². The van der Waals surface area contributed by atoms with E-state index in [9.17, 15) is 0 Å². The van der Waals surface area contributed by atoms with Gasteiger partial charge >= 0.3 is 0 Å². The molecule has 112 valence electrons. The van der Waals surface area contributed by atoms with Gasteiger partial charge in [-0.3, -0.25) is 9.88 Å². The van der Waals surface area contributed by atoms with Crippen molar-refractivity contribution in [3.05, 3.63) is 23.0 Å². The number of hydrogen-bond donors (Lipinski definition) is 0. The van der Waals surface area contributed by atoms with Crippen LogP contribution in [0.1, 0.15) is 42.5 Å². The molecular weight excluding hydrogens is 272 g/mol. The van der Waals surface area contributed by atoms with Crippen molar-refractivity contribution < 1.29 is 4.74 Å². The summed E-state index contributed by atoms with van der Waals surface area (Å²) in [6.45, 7) is 6.25. The smallest absolute Gasteiger partial charge is 0.128 e. The highest BCUT2D eigenvalue weighted by Gasteiger charge is 2.25. The molecule has 0 aromatic carbocycles. The molecule has 2 rings (SSSR count). The normalized spacial score (nSPS) is 19.5. The van der Waals surface area contributed by atoms with E-state index in [2.05, 4.69) is 16.8 Å². The second-order valence-corrected chi connectivity index (χ2v) is 6.02. The van der Waals surface area contributed by atoms with Gasteiger partial charge in [0.2, 0.25) is 0 Å². The molecule has 20 heavy (non-hydrogen) atoms. The topological polar surface area (TPSA) is 25.4 Å². The number of hydrogen-bond acceptors (Lipinski definition) is 3. The Hall–Kier alpha value is -0.800. The minimum Gasteiger partial charge on any atom is -0.496 e. The molecule has 1 aliphatic heterocycles. The van der Waals surface area contributed by atoms with Gasteiger partial charge in [0.15, 0.2) is 0 Å². The summed E-state index contributed by atoms with van der Waals surface area (Å²) in [6.07, 6.45) is 6.80. The van der Waals surface area contributed by atoms with E-state index >= 15 is 0 Å². The molecule has 4 heteroatoms. The van der Waals surface area contributed by atoms with E-state index in [0.29, 0.717) is 6.04 Å². The van der Waals surface area contributed by atoms with Crippen LogP contribution in [-0.2, 0) is 6.54 Å². The summed E-state index contributed by atoms with van der Waals surface area (Å²) in [4.78, 5) is 7.17. The van der Waals surface area contributed by atoms with Crippen molar-refractivity contribution in [3.8, 4) is 5.75 Å². The molecule has 1 unspecified atom stereocenters. The van der Waals surface area contributed by atoms with Gasteiger partial charge in [0, 0.05) is 35.8 Å². The van der Waals surface area contributed by atoms with E-state index in [-0.39, 0.29) is 0 Å². The Bertz CT molecular complexity index is 450. The third-order valence-corrected chi connectivity index (χ3v) is 4.54. The lowest BCUT2D eigenvalue weighted by Crippen LogP contribution is -2.29. The summed E-state index contributed by atoms with van der Waals surface area (Å²) in [5.74, 6) is 1.74. The maximum absolute atomic E-state index is 5.82. The fourth-order valence-electron chi connectivity index (χ4n) is 3.17. The summed E-state index contributed by atoms with van der Waals surface area (Å²) in [5, 5.41) is 0. The number of aryl methyl sites for hydroxylation is 1. The third-order valence-electron chi connectivity index (χ3n) is 4.27. The largest absolute Gasteiger partial charge is 0.496 e. The van der Waals surface area contributed by atoms with Crippen LogP contribution in [0.25, 0.3) is 0 Å². The number of rotatable bonds is 6. The van der Waals surface area contributed by atoms with Gasteiger partial charge < -0.3 is 4.74 Å². The monoisotopic (exact) mass is 296 g/mol. The lowest BCUT2D eigenvalue weighted by atomic mass is 10.1. The maximum Gasteiger partial charge on any atom is 0.128 e. The van der Waals surface area contributed by atoms with E-state index in [0.717, 1.165) is 35.9 Å². The first-order valence-corrected chi connectivity index (χ1v) is 8.00. The molecule has 1 aromatic rings. The number of pyridine rings is 1. The van der Waals surface area contributed by atoms with Crippen LogP contribution in [0.3, 0.4) is 0 Å². The lowest BCUT2D eigenvalue weighted by molar-refractivity contribution is 0.230. The first-order chi connectivity index (χ1) is 9.67. The van der Waals surface area contributed by atoms with Crippen molar-refractivity contribution >= 4 is 11.6 Å². The molecular formula is C16H25ClN2O. The molecule has 0 spiro atoms. The van der Waals surface area contributed by atoms with Crippen LogP contribution in [0.15, 0.2) is 6.20 Å². The summed E-state index contributed by atoms with van der Waals surface area (Å²) in [7, 11) is 1.73. The Morgan fingerprint density at radius 2 is 2.25 bits per heavy atom. The SMILES string of the molecule is COc1c(C)cnc(CN2CCCC2CCCCl)c1C. The first-order valence-electron chi connectivity index (χ1n) is 7.46. The van der Waals surface area contributed by atoms with E-state index in [1.165, 1.54) is 31.4 Å². The molecule has 1 aromatic heterocycles. The molecule has 1 aliphatic rings. The molecule has 0 bridgehead atoms. The van der Waals surface area contributed by atoms with Crippen molar-refractivity contribution in [2.75, 3.05) is 19.5 Å². The Kier molecular flexibility index (Phi) is 5.67. The number of methoxy groups -OCH3 is 1. The molecule has 0 amide bonds. The number of nitrogens with zero attached hydrogens (tertiary/aromatic N) is 2. The minimum atomic E-state index is 0.669. The van der Waals surface area contributed by atoms with Crippen LogP contribution in [0.4, 0.5) is 0 Å². The summed E-state index contributed by atoms with van der Waals surface area (Å²) in [5.41, 5.74) is 3.43. The zero-order chi connectivity index (χ0) is 14.5. The zero-order valence-electron chi connectivity index (χ0n) is 12.8. The molecule has 2 heterocycles. The summed E-state index contributed by atoms with van der Waals surface area (Å²) in [6, 6.07) is 0.669. The van der Waals surface area contributed by atoms with Crippen molar-refractivity contribution in [2.45, 2.75) is 52.1 Å². The first kappa shape index (κ1) is 15.6. The average Bonchev–Trinajstić information content (AvgIpc) is 2.87. The number of ether oxygens (including phenoxy) is 1. The summed E-state index contributed by atoms with van der Waals surface area (Å²) >= 11 is 5.82. The van der Waals surface area contributed by atoms with E-state index in [1.807, 2.05) is 13.1 Å². The highest BCUT2D eigenvalue weighted by atomic mass is 35.5. The van der Waals surface area contributed by atoms with Gasteiger partial charge in [0.05, 0.1) is 12.8 Å². The Morgan fingerprint density at radius 1 is 1.45 bits per heavy atom. The van der Waals surface area contributed by atoms with Gasteiger partial charge in [-0.2, -0.15) is 0 Å². The second-order valence-electron chi connectivity index (χ2n) is 5.64. The number of aromatic nitrogens is 1. The zero-order valence-corrected chi connectivity index (χ0v) is 13.5. The van der Waals surface area contributed by atoms with Crippen LogP contribution in [0.2, 0.25) is 0 Å². The molecule has 0 aliphatic carbocycles. The van der Waals surface area contributed by atoms with E-state index in [4.69, 9.17) is 16.3 Å². The molecule has 1 atom stereocenters. The molecule has 0 N–H and O–H groups in total. The highest BCUT2D eigenvalue weighted by Crippen LogP contribution is 2.28. The van der Waals surface area contributed by atoms with Gasteiger partial charge in [0.1, 0.15) is 5.75 Å². The Labute approximate surface area is 127 Å². The molecule has 3 nitrogen and oxygen atoms in total.